The topological polar surface area (TPSA) is 88.1 Å². The number of carbonyl (C=O) groups is 1. The minimum atomic E-state index is -0.275. The molecule has 1 aromatic carbocycles. The van der Waals surface area contributed by atoms with E-state index in [0.717, 1.165) is 0 Å². The van der Waals surface area contributed by atoms with Crippen molar-refractivity contribution in [2.75, 3.05) is 20.2 Å². The molecule has 0 spiro atoms. The van der Waals surface area contributed by atoms with E-state index in [2.05, 4.69) is 5.16 Å². The molecule has 0 bridgehead atoms. The lowest BCUT2D eigenvalue weighted by molar-refractivity contribution is 0.0783. The summed E-state index contributed by atoms with van der Waals surface area (Å²) in [6.07, 6.45) is 0. The van der Waals surface area contributed by atoms with Crippen molar-refractivity contribution in [2.24, 2.45) is 10.9 Å². The van der Waals surface area contributed by atoms with Gasteiger partial charge in [0.2, 0.25) is 0 Å². The van der Waals surface area contributed by atoms with Gasteiger partial charge in [-0.25, -0.2) is 0 Å². The van der Waals surface area contributed by atoms with E-state index in [-0.39, 0.29) is 18.3 Å². The number of carbonyl (C=O) groups excluding carboxylic acids is 1. The molecule has 1 aromatic rings. The molecule has 0 aliphatic carbocycles. The number of amides is 1. The molecule has 0 fully saturated rings. The van der Waals surface area contributed by atoms with Crippen molar-refractivity contribution < 1.29 is 14.7 Å². The number of likely N-dealkylation sites (N-methyl/N-ethyl adjacent to an activating group) is 1. The third-order valence-corrected chi connectivity index (χ3v) is 2.78. The molecule has 0 heterocycles. The maximum Gasteiger partial charge on any atom is 0.258 e. The quantitative estimate of drug-likeness (QED) is 0.372. The zero-order valence-corrected chi connectivity index (χ0v) is 11.5. The highest BCUT2D eigenvalue weighted by atomic mass is 35.5. The minimum Gasteiger partial charge on any atom is -0.496 e. The Balaban J connectivity index is 3.03. The summed E-state index contributed by atoms with van der Waals surface area (Å²) in [5.41, 5.74) is 5.79. The number of ether oxygens (including phenoxy) is 1. The first-order chi connectivity index (χ1) is 9.03. The van der Waals surface area contributed by atoms with Crippen LogP contribution in [-0.2, 0) is 0 Å². The second kappa shape index (κ2) is 6.84. The molecule has 0 unspecified atom stereocenters. The van der Waals surface area contributed by atoms with E-state index in [0.29, 0.717) is 22.9 Å². The van der Waals surface area contributed by atoms with Crippen LogP contribution in [0.4, 0.5) is 0 Å². The molecular weight excluding hydrogens is 270 g/mol. The van der Waals surface area contributed by atoms with Gasteiger partial charge in [0.15, 0.2) is 5.84 Å². The van der Waals surface area contributed by atoms with Crippen LogP contribution in [0.15, 0.2) is 23.4 Å². The van der Waals surface area contributed by atoms with Crippen LogP contribution in [-0.4, -0.2) is 42.0 Å². The summed E-state index contributed by atoms with van der Waals surface area (Å²) in [7, 11) is 1.46. The molecule has 19 heavy (non-hydrogen) atoms. The van der Waals surface area contributed by atoms with E-state index >= 15 is 0 Å². The molecule has 0 aliphatic rings. The fourth-order valence-corrected chi connectivity index (χ4v) is 1.73. The number of nitrogens with two attached hydrogens (primary N) is 1. The summed E-state index contributed by atoms with van der Waals surface area (Å²) in [5, 5.41) is 11.9. The Kier molecular flexibility index (Phi) is 5.44. The maximum atomic E-state index is 12.3. The smallest absolute Gasteiger partial charge is 0.258 e. The van der Waals surface area contributed by atoms with Crippen molar-refractivity contribution in [1.82, 2.24) is 4.90 Å². The van der Waals surface area contributed by atoms with Gasteiger partial charge < -0.3 is 20.6 Å². The summed E-state index contributed by atoms with van der Waals surface area (Å²) < 4.78 is 5.13. The van der Waals surface area contributed by atoms with Gasteiger partial charge >= 0.3 is 0 Å². The van der Waals surface area contributed by atoms with E-state index in [1.165, 1.54) is 12.0 Å². The van der Waals surface area contributed by atoms with Crippen LogP contribution in [0.2, 0.25) is 5.02 Å². The summed E-state index contributed by atoms with van der Waals surface area (Å²) in [5.74, 6) is 0.0706. The van der Waals surface area contributed by atoms with Gasteiger partial charge in [-0.2, -0.15) is 0 Å². The first-order valence-electron chi connectivity index (χ1n) is 5.62. The Bertz CT molecular complexity index is 491. The van der Waals surface area contributed by atoms with E-state index < -0.39 is 0 Å². The summed E-state index contributed by atoms with van der Waals surface area (Å²) >= 11 is 5.84. The lowest BCUT2D eigenvalue weighted by atomic mass is 10.1. The van der Waals surface area contributed by atoms with E-state index in [9.17, 15) is 4.79 Å². The average molecular weight is 286 g/mol. The van der Waals surface area contributed by atoms with Crippen LogP contribution in [0.5, 0.6) is 5.75 Å². The Hall–Kier alpha value is -1.95. The third kappa shape index (κ3) is 3.75. The Morgan fingerprint density at radius 3 is 2.79 bits per heavy atom. The van der Waals surface area contributed by atoms with Crippen molar-refractivity contribution in [3.05, 3.63) is 28.8 Å². The summed E-state index contributed by atoms with van der Waals surface area (Å²) in [6, 6.07) is 4.75. The highest BCUT2D eigenvalue weighted by Gasteiger charge is 2.19. The number of benzene rings is 1. The molecule has 0 saturated carbocycles. The molecule has 104 valence electrons. The first-order valence-corrected chi connectivity index (χ1v) is 6.00. The lowest BCUT2D eigenvalue weighted by Gasteiger charge is -2.21. The van der Waals surface area contributed by atoms with Crippen LogP contribution >= 0.6 is 11.6 Å². The maximum absolute atomic E-state index is 12.3. The van der Waals surface area contributed by atoms with E-state index in [1.807, 2.05) is 0 Å². The van der Waals surface area contributed by atoms with Gasteiger partial charge in [-0.15, -0.1) is 0 Å². The largest absolute Gasteiger partial charge is 0.496 e. The van der Waals surface area contributed by atoms with Crippen LogP contribution in [0.1, 0.15) is 17.3 Å². The zero-order chi connectivity index (χ0) is 14.4. The SMILES string of the molecule is CCN(CC(N)=NO)C(=O)c1ccc(Cl)cc1OC. The Morgan fingerprint density at radius 1 is 1.58 bits per heavy atom. The molecule has 0 saturated heterocycles. The third-order valence-electron chi connectivity index (χ3n) is 2.54. The molecule has 6 nitrogen and oxygen atoms in total. The van der Waals surface area contributed by atoms with Gasteiger partial charge in [0, 0.05) is 11.6 Å². The normalized spacial score (nSPS) is 11.2. The molecule has 1 rings (SSSR count). The number of hydrogen-bond donors (Lipinski definition) is 2. The van der Waals surface area contributed by atoms with Crippen molar-refractivity contribution in [3.63, 3.8) is 0 Å². The fraction of sp³-hybridized carbons (Fsp3) is 0.333. The predicted octanol–water partition coefficient (Wildman–Crippen LogP) is 1.56. The number of amidine groups is 1. The highest BCUT2D eigenvalue weighted by molar-refractivity contribution is 6.30. The van der Waals surface area contributed by atoms with Gasteiger partial charge in [0.25, 0.3) is 5.91 Å². The molecule has 7 heteroatoms. The molecule has 0 aliphatic heterocycles. The fourth-order valence-electron chi connectivity index (χ4n) is 1.57. The number of hydrogen-bond acceptors (Lipinski definition) is 4. The van der Waals surface area contributed by atoms with Crippen LogP contribution in [0.3, 0.4) is 0 Å². The lowest BCUT2D eigenvalue weighted by Crippen LogP contribution is -2.38. The van der Waals surface area contributed by atoms with Crippen molar-refractivity contribution in [3.8, 4) is 5.75 Å². The van der Waals surface area contributed by atoms with Crippen LogP contribution in [0, 0.1) is 0 Å². The number of oxime groups is 1. The molecule has 1 amide bonds. The Labute approximate surface area is 116 Å². The van der Waals surface area contributed by atoms with Gasteiger partial charge in [0.05, 0.1) is 19.2 Å². The van der Waals surface area contributed by atoms with Crippen molar-refractivity contribution >= 4 is 23.3 Å². The Morgan fingerprint density at radius 2 is 2.26 bits per heavy atom. The number of methoxy groups -OCH3 is 1. The van der Waals surface area contributed by atoms with Crippen LogP contribution in [0.25, 0.3) is 0 Å². The standard InChI is InChI=1S/C12H16ClN3O3/c1-3-16(7-11(14)15-18)12(17)9-5-4-8(13)6-10(9)19-2/h4-6,18H,3,7H2,1-2H3,(H2,14,15). The van der Waals surface area contributed by atoms with Crippen molar-refractivity contribution in [1.29, 1.82) is 0 Å². The molecule has 0 atom stereocenters. The number of nitrogens with zero attached hydrogens (tertiary/aromatic N) is 2. The second-order valence-corrected chi connectivity index (χ2v) is 4.19. The van der Waals surface area contributed by atoms with Gasteiger partial charge in [-0.05, 0) is 25.1 Å². The highest BCUT2D eigenvalue weighted by Crippen LogP contribution is 2.24. The summed E-state index contributed by atoms with van der Waals surface area (Å²) in [4.78, 5) is 13.8. The van der Waals surface area contributed by atoms with Gasteiger partial charge in [-0.1, -0.05) is 16.8 Å². The minimum absolute atomic E-state index is 0.0388. The molecule has 0 aromatic heterocycles. The summed E-state index contributed by atoms with van der Waals surface area (Å²) in [6.45, 7) is 2.25. The zero-order valence-electron chi connectivity index (χ0n) is 10.8. The van der Waals surface area contributed by atoms with Gasteiger partial charge in [-0.3, -0.25) is 4.79 Å². The second-order valence-electron chi connectivity index (χ2n) is 3.76. The molecule has 0 radical (unpaired) electrons. The average Bonchev–Trinajstić information content (AvgIpc) is 2.43. The number of halogens is 1. The van der Waals surface area contributed by atoms with Gasteiger partial charge in [0.1, 0.15) is 5.75 Å². The van der Waals surface area contributed by atoms with Crippen molar-refractivity contribution in [2.45, 2.75) is 6.92 Å². The molecule has 3 N–H and O–H groups in total. The predicted molar refractivity (Wildman–Crippen MR) is 73.0 cm³/mol. The van der Waals surface area contributed by atoms with E-state index in [4.69, 9.17) is 27.3 Å². The monoisotopic (exact) mass is 285 g/mol. The number of rotatable bonds is 5. The first kappa shape index (κ1) is 15.1. The van der Waals surface area contributed by atoms with E-state index in [1.54, 1.807) is 25.1 Å². The van der Waals surface area contributed by atoms with Crippen LogP contribution < -0.4 is 10.5 Å². The molecular formula is C12H16ClN3O3.